The summed E-state index contributed by atoms with van der Waals surface area (Å²) in [5.41, 5.74) is -1.59. The van der Waals surface area contributed by atoms with E-state index in [0.29, 0.717) is 22.4 Å². The van der Waals surface area contributed by atoms with Crippen molar-refractivity contribution in [3.63, 3.8) is 0 Å². The molecular formula is C36H37FN6O7S4. The van der Waals surface area contributed by atoms with Gasteiger partial charge in [-0.1, -0.05) is 59.7 Å². The second-order valence-electron chi connectivity index (χ2n) is 15.5. The van der Waals surface area contributed by atoms with Gasteiger partial charge in [0.1, 0.15) is 18.1 Å². The zero-order chi connectivity index (χ0) is 38.3. The Hall–Kier alpha value is -3.32. The second-order valence-corrected chi connectivity index (χ2v) is 20.8. The normalized spacial score (nSPS) is 41.8. The molecule has 2 aromatic rings. The fourth-order valence-electron chi connectivity index (χ4n) is 11.3. The molecule has 0 aromatic heterocycles. The third-order valence-electron chi connectivity index (χ3n) is 13.7. The number of aliphatic hydroxyl groups excluding tert-OH is 1. The summed E-state index contributed by atoms with van der Waals surface area (Å²) < 4.78 is 22.6. The lowest BCUT2D eigenvalue weighted by Gasteiger charge is -2.59. The van der Waals surface area contributed by atoms with Crippen molar-refractivity contribution in [2.24, 2.45) is 0 Å². The van der Waals surface area contributed by atoms with Crippen LogP contribution in [0.4, 0.5) is 14.9 Å². The van der Waals surface area contributed by atoms with Crippen LogP contribution >= 0.6 is 43.2 Å². The van der Waals surface area contributed by atoms with Gasteiger partial charge in [-0.2, -0.15) is 0 Å². The molecule has 10 aliphatic rings. The highest BCUT2D eigenvalue weighted by atomic mass is 33.1. The molecule has 2 N–H and O–H groups in total. The Kier molecular flexibility index (Phi) is 6.86. The maximum absolute atomic E-state index is 16.0. The highest BCUT2D eigenvalue weighted by molar-refractivity contribution is 8.78. The van der Waals surface area contributed by atoms with Gasteiger partial charge in [0.05, 0.1) is 16.9 Å². The Morgan fingerprint density at radius 3 is 2.13 bits per heavy atom. The smallest absolute Gasteiger partial charge is 0.409 e. The third kappa shape index (κ3) is 3.21. The SMILES string of the molecule is CC[C@@]12SS[C@]3(C(=O)N1C)[C@@H](O)[C@]1([C@@]45c6ccccc6N[C@@H]4N4C(=O)[C@]6(CC)SS[C@]4(C(=O)N6C)[C@H]5OC(=O)N(C)C)c4cc(F)ccc4C[C@@H]1N3C2=O. The number of hydrogen-bond acceptors (Lipinski definition) is 12. The number of carbonyl (C=O) groups excluding carboxylic acids is 5. The number of piperazine rings is 2. The maximum atomic E-state index is 16.0. The number of nitrogens with one attached hydrogen (secondary N) is 1. The van der Waals surface area contributed by atoms with Gasteiger partial charge in [0, 0.05) is 33.9 Å². The number of benzene rings is 2. The molecule has 284 valence electrons. The van der Waals surface area contributed by atoms with Gasteiger partial charge in [0.15, 0.2) is 15.8 Å². The first-order valence-corrected chi connectivity index (χ1v) is 22.1. The number of para-hydroxylation sites is 1. The summed E-state index contributed by atoms with van der Waals surface area (Å²) in [6, 6.07) is 10.5. The number of hydrogen-bond donors (Lipinski definition) is 2. The van der Waals surface area contributed by atoms with Crippen LogP contribution in [-0.2, 0) is 41.2 Å². The van der Waals surface area contributed by atoms with E-state index < -0.39 is 78.5 Å². The number of ether oxygens (including phenoxy) is 1. The van der Waals surface area contributed by atoms with Crippen molar-refractivity contribution in [2.45, 2.75) is 87.8 Å². The molecule has 8 fully saturated rings. The van der Waals surface area contributed by atoms with Crippen molar-refractivity contribution in [1.29, 1.82) is 0 Å². The van der Waals surface area contributed by atoms with E-state index in [1.54, 1.807) is 26.2 Å². The molecule has 2 spiro atoms. The lowest BCUT2D eigenvalue weighted by molar-refractivity contribution is -0.168. The van der Waals surface area contributed by atoms with Gasteiger partial charge in [-0.25, -0.2) is 9.18 Å². The standard InChI is InChI=1S/C36H37FN6O7S4/c1-7-31-26(45)42-22-15-17-13-14-18(37)16-20(17)33(22,23(44)35(42,53-51-31)28(47)40(31)5)34-19-11-9-10-12-21(19)38-25(34)43-27(46)32(8-2)41(6)29(48)36(43,54-52-32)24(34)50-30(49)39(3)4/h9-14,16,22-25,38,44H,7-8,15H2,1-6H3/t22-,23-,24-,25+,31-,32-,33-,34+,35-,36-/m0/s1. The van der Waals surface area contributed by atoms with Crippen molar-refractivity contribution in [1.82, 2.24) is 24.5 Å². The molecule has 18 heteroatoms. The number of nitrogens with zero attached hydrogens (tertiary/aromatic N) is 5. The average molecular weight is 813 g/mol. The van der Waals surface area contributed by atoms with Gasteiger partial charge >= 0.3 is 6.09 Å². The number of carbonyl (C=O) groups is 5. The summed E-state index contributed by atoms with van der Waals surface area (Å²) >= 11 is 0. The highest BCUT2D eigenvalue weighted by Crippen LogP contribution is 2.79. The minimum Gasteiger partial charge on any atom is -0.441 e. The van der Waals surface area contributed by atoms with Crippen molar-refractivity contribution >= 4 is 78.6 Å². The highest BCUT2D eigenvalue weighted by Gasteiger charge is 2.93. The summed E-state index contributed by atoms with van der Waals surface area (Å²) in [7, 11) is 10.9. The summed E-state index contributed by atoms with van der Waals surface area (Å²) in [4.78, 5) is 75.7. The number of amides is 5. The van der Waals surface area contributed by atoms with Gasteiger partial charge < -0.3 is 34.8 Å². The molecule has 8 saturated heterocycles. The van der Waals surface area contributed by atoms with E-state index in [0.717, 1.165) is 21.6 Å². The number of likely N-dealkylation sites (N-methyl/N-ethyl adjacent to an activating group) is 2. The van der Waals surface area contributed by atoms with Gasteiger partial charge in [-0.3, -0.25) is 24.1 Å². The molecule has 2 aromatic carbocycles. The number of rotatable bonds is 4. The predicted molar refractivity (Wildman–Crippen MR) is 202 cm³/mol. The topological polar surface area (TPSA) is 143 Å². The summed E-state index contributed by atoms with van der Waals surface area (Å²) in [5.74, 6) is -2.29. The molecule has 10 atom stereocenters. The quantitative estimate of drug-likeness (QED) is 0.439. The third-order valence-corrected chi connectivity index (χ3v) is 21.2. The summed E-state index contributed by atoms with van der Waals surface area (Å²) in [6.45, 7) is 3.67. The molecule has 5 amide bonds. The molecule has 13 nitrogen and oxygen atoms in total. The van der Waals surface area contributed by atoms with Crippen LogP contribution in [0.25, 0.3) is 0 Å². The summed E-state index contributed by atoms with van der Waals surface area (Å²) in [5, 5.41) is 17.3. The predicted octanol–water partition coefficient (Wildman–Crippen LogP) is 3.13. The van der Waals surface area contributed by atoms with Gasteiger partial charge in [0.25, 0.3) is 23.6 Å². The van der Waals surface area contributed by atoms with E-state index in [1.165, 1.54) is 72.3 Å². The van der Waals surface area contributed by atoms with Crippen molar-refractivity contribution in [3.05, 3.63) is 65.0 Å². The maximum Gasteiger partial charge on any atom is 0.409 e. The van der Waals surface area contributed by atoms with E-state index in [-0.39, 0.29) is 31.1 Å². The van der Waals surface area contributed by atoms with Gasteiger partial charge in [-0.05, 0) is 75.7 Å². The summed E-state index contributed by atoms with van der Waals surface area (Å²) in [6.07, 6.45) is -4.57. The number of halogens is 1. The molecule has 54 heavy (non-hydrogen) atoms. The first-order chi connectivity index (χ1) is 25.7. The second kappa shape index (κ2) is 10.5. The molecule has 0 saturated carbocycles. The van der Waals surface area contributed by atoms with Crippen LogP contribution in [0.2, 0.25) is 0 Å². The van der Waals surface area contributed by atoms with Crippen LogP contribution in [0.3, 0.4) is 0 Å². The minimum atomic E-state index is -1.88. The largest absolute Gasteiger partial charge is 0.441 e. The van der Waals surface area contributed by atoms with E-state index in [2.05, 4.69) is 5.32 Å². The first-order valence-electron chi connectivity index (χ1n) is 17.8. The zero-order valence-corrected chi connectivity index (χ0v) is 33.4. The zero-order valence-electron chi connectivity index (χ0n) is 30.1. The van der Waals surface area contributed by atoms with Crippen LogP contribution in [0.1, 0.15) is 43.4 Å². The number of fused-ring (bicyclic) bond motifs is 11. The Labute approximate surface area is 326 Å². The number of anilines is 1. The lowest BCUT2D eigenvalue weighted by atomic mass is 9.51. The van der Waals surface area contributed by atoms with Crippen molar-refractivity contribution in [3.8, 4) is 0 Å². The van der Waals surface area contributed by atoms with E-state index >= 15 is 18.8 Å². The molecule has 0 radical (unpaired) electrons. The Morgan fingerprint density at radius 1 is 0.870 bits per heavy atom. The van der Waals surface area contributed by atoms with Crippen LogP contribution in [-0.4, -0.2) is 131 Å². The molecule has 9 heterocycles. The average Bonchev–Trinajstić information content (AvgIpc) is 3.81. The fourth-order valence-corrected chi connectivity index (χ4v) is 19.2. The lowest BCUT2D eigenvalue weighted by Crippen LogP contribution is -2.78. The Balaban J connectivity index is 1.38. The van der Waals surface area contributed by atoms with Crippen LogP contribution in [0.5, 0.6) is 0 Å². The molecule has 4 bridgehead atoms. The Bertz CT molecular complexity index is 2170. The molecule has 0 unspecified atom stereocenters. The first kappa shape index (κ1) is 35.1. The fraction of sp³-hybridized carbons (Fsp3) is 0.528. The van der Waals surface area contributed by atoms with Gasteiger partial charge in [-0.15, -0.1) is 0 Å². The van der Waals surface area contributed by atoms with Crippen LogP contribution in [0.15, 0.2) is 42.5 Å². The monoisotopic (exact) mass is 812 g/mol. The van der Waals surface area contributed by atoms with Crippen LogP contribution in [0, 0.1) is 5.82 Å². The van der Waals surface area contributed by atoms with E-state index in [4.69, 9.17) is 4.74 Å². The van der Waals surface area contributed by atoms with Gasteiger partial charge in [0.2, 0.25) is 9.74 Å². The Morgan fingerprint density at radius 2 is 1.48 bits per heavy atom. The molecular weight excluding hydrogens is 776 g/mol. The van der Waals surface area contributed by atoms with Crippen molar-refractivity contribution < 1.29 is 38.2 Å². The minimum absolute atomic E-state index is 0.128. The van der Waals surface area contributed by atoms with E-state index in [1.807, 2.05) is 32.0 Å². The molecule has 1 aliphatic carbocycles. The number of aliphatic hydroxyl groups is 1. The van der Waals surface area contributed by atoms with Crippen LogP contribution < -0.4 is 5.32 Å². The molecule has 12 rings (SSSR count). The molecule has 9 aliphatic heterocycles. The van der Waals surface area contributed by atoms with E-state index in [9.17, 15) is 14.7 Å². The van der Waals surface area contributed by atoms with Crippen molar-refractivity contribution in [2.75, 3.05) is 33.5 Å².